The van der Waals surface area contributed by atoms with Gasteiger partial charge in [-0.05, 0) is 42.5 Å². The van der Waals surface area contributed by atoms with E-state index in [1.54, 1.807) is 114 Å². The maximum absolute atomic E-state index is 13.4. The summed E-state index contributed by atoms with van der Waals surface area (Å²) in [5.41, 5.74) is 3.79. The van der Waals surface area contributed by atoms with Crippen LogP contribution in [0.2, 0.25) is 0 Å². The van der Waals surface area contributed by atoms with Gasteiger partial charge in [0.15, 0.2) is 37.9 Å². The average molecular weight is 756 g/mol. The fraction of sp³-hybridized carbons (Fsp3) is 0.150. The van der Waals surface area contributed by atoms with Crippen molar-refractivity contribution in [3.63, 3.8) is 0 Å². The van der Waals surface area contributed by atoms with Crippen molar-refractivity contribution in [3.8, 4) is 0 Å². The van der Waals surface area contributed by atoms with E-state index in [4.69, 9.17) is 0 Å². The molecule has 0 aliphatic carbocycles. The van der Waals surface area contributed by atoms with Gasteiger partial charge in [0.25, 0.3) is 17.7 Å². The Morgan fingerprint density at radius 1 is 0.589 bits per heavy atom. The molecule has 0 aliphatic rings. The van der Waals surface area contributed by atoms with Gasteiger partial charge < -0.3 is 41.4 Å². The zero-order chi connectivity index (χ0) is 40.2. The van der Waals surface area contributed by atoms with Crippen molar-refractivity contribution >= 4 is 60.2 Å². The van der Waals surface area contributed by atoms with E-state index in [0.717, 1.165) is 0 Å². The predicted molar refractivity (Wildman–Crippen MR) is 211 cm³/mol. The standard InChI is InChI=1S/C40H40B2N6O8/c1-27(2)37(49)43-16-7-17-44-38(50)32-22-33(45-39(51)28-12-18-47(19-13-28)25-30-8-3-5-10-35(30)41(53)54)24-34(23-32)46-40(52)29-14-20-48(21-15-29)26-31-9-4-6-11-36(31)42(55)56/h3-6,8-15,18-24,53-56H,1,7,16-17,25-26H2,2H3,(H2-2,43,44,45,46,49,50,51,52)/p+2. The van der Waals surface area contributed by atoms with Gasteiger partial charge in [-0.1, -0.05) is 55.1 Å². The Labute approximate surface area is 324 Å². The first-order valence-corrected chi connectivity index (χ1v) is 17.7. The molecule has 14 nitrogen and oxygen atoms in total. The minimum Gasteiger partial charge on any atom is -0.423 e. The molecule has 0 saturated heterocycles. The molecule has 3 aromatic carbocycles. The predicted octanol–water partition coefficient (Wildman–Crippen LogP) is 0.0346. The van der Waals surface area contributed by atoms with Crippen molar-refractivity contribution in [1.29, 1.82) is 0 Å². The molecule has 0 saturated carbocycles. The first-order valence-electron chi connectivity index (χ1n) is 17.7. The summed E-state index contributed by atoms with van der Waals surface area (Å²) in [7, 11) is -3.25. The second kappa shape index (κ2) is 19.2. The van der Waals surface area contributed by atoms with Crippen LogP contribution in [-0.2, 0) is 17.9 Å². The van der Waals surface area contributed by atoms with E-state index in [1.165, 1.54) is 18.2 Å². The number of nitrogens with zero attached hydrogens (tertiary/aromatic N) is 2. The van der Waals surface area contributed by atoms with Crippen molar-refractivity contribution in [1.82, 2.24) is 10.6 Å². The maximum atomic E-state index is 13.4. The van der Waals surface area contributed by atoms with Crippen LogP contribution in [0.5, 0.6) is 0 Å². The monoisotopic (exact) mass is 756 g/mol. The van der Waals surface area contributed by atoms with Crippen molar-refractivity contribution in [2.45, 2.75) is 26.4 Å². The molecule has 0 radical (unpaired) electrons. The minimum absolute atomic E-state index is 0.162. The number of aromatic nitrogens is 2. The Morgan fingerprint density at radius 3 is 1.45 bits per heavy atom. The van der Waals surface area contributed by atoms with Crippen LogP contribution in [0.25, 0.3) is 0 Å². The van der Waals surface area contributed by atoms with E-state index >= 15 is 0 Å². The molecule has 16 heteroatoms. The van der Waals surface area contributed by atoms with Crippen LogP contribution < -0.4 is 41.3 Å². The van der Waals surface area contributed by atoms with Gasteiger partial charge in [0, 0.05) is 71.0 Å². The molecule has 0 unspecified atom stereocenters. The molecule has 2 heterocycles. The highest BCUT2D eigenvalue weighted by Crippen LogP contribution is 2.21. The van der Waals surface area contributed by atoms with Gasteiger partial charge in [-0.2, -0.15) is 0 Å². The summed E-state index contributed by atoms with van der Waals surface area (Å²) in [5, 5.41) is 49.9. The summed E-state index contributed by atoms with van der Waals surface area (Å²) in [6.07, 6.45) is 7.18. The molecule has 0 spiro atoms. The third kappa shape index (κ3) is 11.3. The van der Waals surface area contributed by atoms with E-state index in [1.807, 2.05) is 0 Å². The van der Waals surface area contributed by atoms with Crippen molar-refractivity contribution < 1.29 is 48.4 Å². The first-order chi connectivity index (χ1) is 26.9. The Kier molecular flexibility index (Phi) is 14.0. The molecule has 5 aromatic rings. The summed E-state index contributed by atoms with van der Waals surface area (Å²) in [6, 6.07) is 24.7. The van der Waals surface area contributed by atoms with Crippen molar-refractivity contribution in [2.24, 2.45) is 0 Å². The highest BCUT2D eigenvalue weighted by Gasteiger charge is 2.20. The van der Waals surface area contributed by atoms with Crippen LogP contribution in [0.3, 0.4) is 0 Å². The fourth-order valence-electron chi connectivity index (χ4n) is 5.74. The van der Waals surface area contributed by atoms with Crippen LogP contribution in [0.15, 0.2) is 128 Å². The number of benzene rings is 3. The Hall–Kier alpha value is -6.45. The number of carbonyl (C=O) groups excluding carboxylic acids is 4. The molecule has 0 atom stereocenters. The highest BCUT2D eigenvalue weighted by molar-refractivity contribution is 6.59. The molecule has 2 aromatic heterocycles. The number of pyridine rings is 2. The lowest BCUT2D eigenvalue weighted by atomic mass is 9.77. The Balaban J connectivity index is 1.30. The number of carbonyl (C=O) groups is 4. The Bertz CT molecular complexity index is 2090. The lowest BCUT2D eigenvalue weighted by Gasteiger charge is -2.13. The number of nitrogens with one attached hydrogen (secondary N) is 4. The van der Waals surface area contributed by atoms with Crippen LogP contribution in [0, 0.1) is 0 Å². The first kappa shape index (κ1) is 40.7. The third-order valence-electron chi connectivity index (χ3n) is 8.70. The fourth-order valence-corrected chi connectivity index (χ4v) is 5.74. The molecule has 0 bridgehead atoms. The third-order valence-corrected chi connectivity index (χ3v) is 8.70. The average Bonchev–Trinajstić information content (AvgIpc) is 3.18. The number of hydrogen-bond donors (Lipinski definition) is 8. The van der Waals surface area contributed by atoms with Crippen LogP contribution in [0.1, 0.15) is 55.5 Å². The lowest BCUT2D eigenvalue weighted by Crippen LogP contribution is -2.40. The topological polar surface area (TPSA) is 205 Å². The van der Waals surface area contributed by atoms with Gasteiger partial charge in [0.05, 0.1) is 11.1 Å². The van der Waals surface area contributed by atoms with E-state index in [9.17, 15) is 39.3 Å². The molecule has 56 heavy (non-hydrogen) atoms. The lowest BCUT2D eigenvalue weighted by molar-refractivity contribution is -0.688. The second-order valence-electron chi connectivity index (χ2n) is 13.0. The van der Waals surface area contributed by atoms with Crippen molar-refractivity contribution in [3.05, 3.63) is 156 Å². The van der Waals surface area contributed by atoms with Gasteiger partial charge in [-0.25, -0.2) is 9.13 Å². The van der Waals surface area contributed by atoms with Gasteiger partial charge in [0.2, 0.25) is 5.91 Å². The molecule has 8 N–H and O–H groups in total. The number of amides is 4. The van der Waals surface area contributed by atoms with E-state index in [0.29, 0.717) is 64.8 Å². The molecule has 4 amide bonds. The maximum Gasteiger partial charge on any atom is 0.488 e. The van der Waals surface area contributed by atoms with E-state index in [2.05, 4.69) is 27.8 Å². The molecule has 284 valence electrons. The number of anilines is 2. The summed E-state index contributed by atoms with van der Waals surface area (Å²) >= 11 is 0. The van der Waals surface area contributed by atoms with Crippen LogP contribution in [0.4, 0.5) is 11.4 Å². The molecule has 0 fully saturated rings. The molecule has 5 rings (SSSR count). The Morgan fingerprint density at radius 2 is 1.02 bits per heavy atom. The quantitative estimate of drug-likeness (QED) is 0.0298. The normalized spacial score (nSPS) is 10.6. The zero-order valence-corrected chi connectivity index (χ0v) is 30.7. The molecule has 0 aliphatic heterocycles. The van der Waals surface area contributed by atoms with E-state index in [-0.39, 0.29) is 29.4 Å². The summed E-state index contributed by atoms with van der Waals surface area (Å²) in [4.78, 5) is 51.8. The number of hydrogen-bond acceptors (Lipinski definition) is 8. The van der Waals surface area contributed by atoms with Gasteiger partial charge in [0.1, 0.15) is 0 Å². The summed E-state index contributed by atoms with van der Waals surface area (Å²) in [6.45, 7) is 6.43. The smallest absolute Gasteiger partial charge is 0.423 e. The van der Waals surface area contributed by atoms with Gasteiger partial charge in [-0.3, -0.25) is 19.2 Å². The second-order valence-corrected chi connectivity index (χ2v) is 13.0. The van der Waals surface area contributed by atoms with Gasteiger partial charge in [-0.15, -0.1) is 0 Å². The SMILES string of the molecule is C=C(C)C(=O)NCCCNC(=O)c1cc(NC(=O)c2cc[n+](Cc3ccccc3B(O)O)cc2)cc(NC(=O)c2cc[n+](Cc3ccccc3B(O)O)cc2)c1. The summed E-state index contributed by atoms with van der Waals surface area (Å²) in [5.74, 6) is -1.70. The zero-order valence-electron chi connectivity index (χ0n) is 30.7. The van der Waals surface area contributed by atoms with Gasteiger partial charge >= 0.3 is 14.2 Å². The molecular formula is C40H42B2N6O8+2. The summed E-state index contributed by atoms with van der Waals surface area (Å²) < 4.78 is 3.56. The molecular weight excluding hydrogens is 714 g/mol. The van der Waals surface area contributed by atoms with Crippen molar-refractivity contribution in [2.75, 3.05) is 23.7 Å². The van der Waals surface area contributed by atoms with Crippen LogP contribution >= 0.6 is 0 Å². The minimum atomic E-state index is -1.62. The van der Waals surface area contributed by atoms with Crippen LogP contribution in [-0.4, -0.2) is 71.1 Å². The number of rotatable bonds is 16. The van der Waals surface area contributed by atoms with E-state index < -0.39 is 32.0 Å². The largest absolute Gasteiger partial charge is 0.488 e. The highest BCUT2D eigenvalue weighted by atomic mass is 16.4.